The lowest BCUT2D eigenvalue weighted by atomic mass is 10.1. The molecule has 0 fully saturated rings. The summed E-state index contributed by atoms with van der Waals surface area (Å²) in [7, 11) is 0. The van der Waals surface area contributed by atoms with Gasteiger partial charge in [0.25, 0.3) is 0 Å². The predicted octanol–water partition coefficient (Wildman–Crippen LogP) is 7.08. The normalized spacial score (nSPS) is 12.0. The van der Waals surface area contributed by atoms with Crippen LogP contribution in [0.5, 0.6) is 5.75 Å². The summed E-state index contributed by atoms with van der Waals surface area (Å²) in [6, 6.07) is 21.5. The maximum Gasteiger partial charge on any atom is 0.124 e. The van der Waals surface area contributed by atoms with E-state index in [9.17, 15) is 0 Å². The average Bonchev–Trinajstić information content (AvgIpc) is 2.67. The highest BCUT2D eigenvalue weighted by Gasteiger charge is 2.10. The zero-order valence-corrected chi connectivity index (χ0v) is 17.2. The molecule has 0 aliphatic carbocycles. The first-order valence-corrected chi connectivity index (χ1v) is 9.80. The van der Waals surface area contributed by atoms with Gasteiger partial charge in [0.05, 0.1) is 0 Å². The van der Waals surface area contributed by atoms with Gasteiger partial charge in [-0.05, 0) is 42.8 Å². The molecule has 3 aromatic carbocycles. The van der Waals surface area contributed by atoms with Gasteiger partial charge < -0.3 is 10.1 Å². The molecule has 2 nitrogen and oxygen atoms in total. The first-order chi connectivity index (χ1) is 13.0. The summed E-state index contributed by atoms with van der Waals surface area (Å²) in [6.07, 6.45) is 0. The van der Waals surface area contributed by atoms with Crippen LogP contribution in [0.3, 0.4) is 0 Å². The summed E-state index contributed by atoms with van der Waals surface area (Å²) < 4.78 is 6.01. The van der Waals surface area contributed by atoms with Gasteiger partial charge in [0.2, 0.25) is 0 Å². The van der Waals surface area contributed by atoms with Crippen molar-refractivity contribution in [1.82, 2.24) is 5.32 Å². The van der Waals surface area contributed by atoms with E-state index >= 15 is 0 Å². The monoisotopic (exact) mass is 419 g/mol. The fourth-order valence-electron chi connectivity index (χ4n) is 2.74. The van der Waals surface area contributed by atoms with Gasteiger partial charge >= 0.3 is 0 Å². The summed E-state index contributed by atoms with van der Waals surface area (Å²) in [4.78, 5) is 0. The van der Waals surface area contributed by atoms with E-state index in [-0.39, 0.29) is 6.04 Å². The van der Waals surface area contributed by atoms with Crippen molar-refractivity contribution in [3.63, 3.8) is 0 Å². The van der Waals surface area contributed by atoms with Gasteiger partial charge in [-0.2, -0.15) is 0 Å². The number of hydrogen-bond donors (Lipinski definition) is 1. The SMILES string of the molecule is C[C@H](NCc1cc(Cl)ccc1OCc1ccc(Cl)cc1Cl)c1ccccc1. The first-order valence-electron chi connectivity index (χ1n) is 8.66. The van der Waals surface area contributed by atoms with Crippen LogP contribution in [-0.2, 0) is 13.2 Å². The minimum absolute atomic E-state index is 0.212. The van der Waals surface area contributed by atoms with E-state index in [4.69, 9.17) is 39.5 Å². The molecule has 0 bridgehead atoms. The van der Waals surface area contributed by atoms with E-state index in [0.29, 0.717) is 28.2 Å². The van der Waals surface area contributed by atoms with Crippen LogP contribution < -0.4 is 10.1 Å². The summed E-state index contributed by atoms with van der Waals surface area (Å²) >= 11 is 18.4. The van der Waals surface area contributed by atoms with Crippen LogP contribution in [0.15, 0.2) is 66.7 Å². The molecule has 140 valence electrons. The Hall–Kier alpha value is -1.71. The molecule has 0 heterocycles. The van der Waals surface area contributed by atoms with Crippen molar-refractivity contribution in [3.8, 4) is 5.75 Å². The summed E-state index contributed by atoms with van der Waals surface area (Å²) in [5, 5.41) is 5.39. The summed E-state index contributed by atoms with van der Waals surface area (Å²) in [5.74, 6) is 0.776. The molecule has 27 heavy (non-hydrogen) atoms. The van der Waals surface area contributed by atoms with Gasteiger partial charge in [-0.25, -0.2) is 0 Å². The van der Waals surface area contributed by atoms with Gasteiger partial charge in [0, 0.05) is 38.8 Å². The van der Waals surface area contributed by atoms with Crippen LogP contribution in [0.25, 0.3) is 0 Å². The Morgan fingerprint density at radius 3 is 2.30 bits per heavy atom. The van der Waals surface area contributed by atoms with Gasteiger partial charge in [0.15, 0.2) is 0 Å². The van der Waals surface area contributed by atoms with Crippen LogP contribution >= 0.6 is 34.8 Å². The maximum atomic E-state index is 6.23. The quantitative estimate of drug-likeness (QED) is 0.441. The second-order valence-corrected chi connectivity index (χ2v) is 7.57. The van der Waals surface area contributed by atoms with Gasteiger partial charge in [0.1, 0.15) is 12.4 Å². The molecule has 0 saturated carbocycles. The molecule has 0 unspecified atom stereocenters. The minimum atomic E-state index is 0.212. The molecule has 0 amide bonds. The Morgan fingerprint density at radius 1 is 0.852 bits per heavy atom. The van der Waals surface area contributed by atoms with Crippen molar-refractivity contribution in [2.24, 2.45) is 0 Å². The second-order valence-electron chi connectivity index (χ2n) is 6.29. The number of benzene rings is 3. The Labute approximate surface area is 175 Å². The van der Waals surface area contributed by atoms with E-state index < -0.39 is 0 Å². The number of hydrogen-bond acceptors (Lipinski definition) is 2. The summed E-state index contributed by atoms with van der Waals surface area (Å²) in [6.45, 7) is 3.13. The number of ether oxygens (including phenoxy) is 1. The van der Waals surface area contributed by atoms with Crippen molar-refractivity contribution in [2.45, 2.75) is 26.1 Å². The minimum Gasteiger partial charge on any atom is -0.489 e. The van der Waals surface area contributed by atoms with Crippen LogP contribution in [0, 0.1) is 0 Å². The topological polar surface area (TPSA) is 21.3 Å². The van der Waals surface area contributed by atoms with Crippen molar-refractivity contribution < 1.29 is 4.74 Å². The van der Waals surface area contributed by atoms with Crippen molar-refractivity contribution >= 4 is 34.8 Å². The third-order valence-electron chi connectivity index (χ3n) is 4.32. The molecule has 0 aromatic heterocycles. The lowest BCUT2D eigenvalue weighted by molar-refractivity contribution is 0.302. The maximum absolute atomic E-state index is 6.23. The molecular formula is C22H20Cl3NO. The zero-order chi connectivity index (χ0) is 19.2. The Kier molecular flexibility index (Phi) is 7.03. The average molecular weight is 421 g/mol. The number of rotatable bonds is 7. The van der Waals surface area contributed by atoms with Crippen LogP contribution in [0.2, 0.25) is 15.1 Å². The molecule has 0 aliphatic rings. The molecule has 5 heteroatoms. The third-order valence-corrected chi connectivity index (χ3v) is 5.14. The summed E-state index contributed by atoms with van der Waals surface area (Å²) in [5.41, 5.74) is 3.11. The van der Waals surface area contributed by atoms with Crippen LogP contribution in [-0.4, -0.2) is 0 Å². The predicted molar refractivity (Wildman–Crippen MR) is 114 cm³/mol. The van der Waals surface area contributed by atoms with Crippen LogP contribution in [0.1, 0.15) is 29.7 Å². The molecule has 3 aromatic rings. The second kappa shape index (κ2) is 9.48. The lowest BCUT2D eigenvalue weighted by Crippen LogP contribution is -2.18. The highest BCUT2D eigenvalue weighted by atomic mass is 35.5. The number of halogens is 3. The fraction of sp³-hybridized carbons (Fsp3) is 0.182. The highest BCUT2D eigenvalue weighted by Crippen LogP contribution is 2.27. The largest absolute Gasteiger partial charge is 0.489 e. The molecule has 0 saturated heterocycles. The van der Waals surface area contributed by atoms with E-state index in [0.717, 1.165) is 16.9 Å². The molecular weight excluding hydrogens is 401 g/mol. The smallest absolute Gasteiger partial charge is 0.124 e. The van der Waals surface area contributed by atoms with Gasteiger partial charge in [-0.15, -0.1) is 0 Å². The molecule has 0 aliphatic heterocycles. The van der Waals surface area contributed by atoms with Gasteiger partial charge in [-0.1, -0.05) is 71.2 Å². The van der Waals surface area contributed by atoms with E-state index in [2.05, 4.69) is 24.4 Å². The Balaban J connectivity index is 1.69. The van der Waals surface area contributed by atoms with Crippen molar-refractivity contribution in [2.75, 3.05) is 0 Å². The standard InChI is InChI=1S/C22H20Cl3NO/c1-15(16-5-3-2-4-6-16)26-13-18-11-19(23)9-10-22(18)27-14-17-7-8-20(24)12-21(17)25/h2-12,15,26H,13-14H2,1H3/t15-/m0/s1. The molecule has 3 rings (SSSR count). The molecule has 0 radical (unpaired) electrons. The van der Waals surface area contributed by atoms with E-state index in [1.807, 2.05) is 42.5 Å². The Morgan fingerprint density at radius 2 is 1.56 bits per heavy atom. The lowest BCUT2D eigenvalue weighted by Gasteiger charge is -2.17. The zero-order valence-electron chi connectivity index (χ0n) is 14.9. The van der Waals surface area contributed by atoms with E-state index in [1.165, 1.54) is 5.56 Å². The number of nitrogens with one attached hydrogen (secondary N) is 1. The van der Waals surface area contributed by atoms with E-state index in [1.54, 1.807) is 12.1 Å². The van der Waals surface area contributed by atoms with Gasteiger partial charge in [-0.3, -0.25) is 0 Å². The molecule has 1 atom stereocenters. The van der Waals surface area contributed by atoms with Crippen molar-refractivity contribution in [3.05, 3.63) is 98.5 Å². The fourth-order valence-corrected chi connectivity index (χ4v) is 3.40. The molecule has 0 spiro atoms. The molecule has 1 N–H and O–H groups in total. The third kappa shape index (κ3) is 5.63. The Bertz CT molecular complexity index is 899. The highest BCUT2D eigenvalue weighted by molar-refractivity contribution is 6.35. The van der Waals surface area contributed by atoms with Crippen LogP contribution in [0.4, 0.5) is 0 Å². The van der Waals surface area contributed by atoms with Crippen molar-refractivity contribution in [1.29, 1.82) is 0 Å². The first kappa shape index (κ1) is 20.0.